The number of rotatable bonds is 7. The molecule has 3 aromatic carbocycles. The Morgan fingerprint density at radius 1 is 1.00 bits per heavy atom. The van der Waals surface area contributed by atoms with Crippen LogP contribution in [0.1, 0.15) is 12.5 Å². The Morgan fingerprint density at radius 3 is 2.46 bits per heavy atom. The van der Waals surface area contributed by atoms with E-state index < -0.39 is 0 Å². The van der Waals surface area contributed by atoms with Gasteiger partial charge in [0.2, 0.25) is 0 Å². The van der Waals surface area contributed by atoms with Crippen molar-refractivity contribution in [2.75, 3.05) is 26.6 Å². The van der Waals surface area contributed by atoms with Gasteiger partial charge in [-0.1, -0.05) is 36.4 Å². The second-order valence-electron chi connectivity index (χ2n) is 6.95. The average molecular weight is 379 g/mol. The molecule has 5 nitrogen and oxygen atoms in total. The lowest BCUT2D eigenvalue weighted by molar-refractivity contribution is -0.907. The van der Waals surface area contributed by atoms with Crippen LogP contribution in [0.3, 0.4) is 0 Å². The number of carbonyl (C=O) groups excluding carboxylic acids is 1. The summed E-state index contributed by atoms with van der Waals surface area (Å²) in [7, 11) is 5.26. The third kappa shape index (κ3) is 4.26. The van der Waals surface area contributed by atoms with Crippen molar-refractivity contribution in [2.24, 2.45) is 0 Å². The van der Waals surface area contributed by atoms with Crippen molar-refractivity contribution in [1.29, 1.82) is 0 Å². The van der Waals surface area contributed by atoms with Gasteiger partial charge in [0.25, 0.3) is 5.91 Å². The third-order valence-electron chi connectivity index (χ3n) is 5.11. The molecule has 0 aliphatic carbocycles. The van der Waals surface area contributed by atoms with Crippen LogP contribution in [0.15, 0.2) is 60.7 Å². The number of hydrogen-bond donors (Lipinski definition) is 2. The minimum Gasteiger partial charge on any atom is -0.493 e. The normalized spacial score (nSPS) is 13.0. The van der Waals surface area contributed by atoms with Crippen LogP contribution in [0.25, 0.3) is 10.8 Å². The number of fused-ring (bicyclic) bond motifs is 1. The number of carbonyl (C=O) groups is 1. The molecule has 2 atom stereocenters. The summed E-state index contributed by atoms with van der Waals surface area (Å²) in [5, 5.41) is 5.24. The summed E-state index contributed by atoms with van der Waals surface area (Å²) in [6.45, 7) is 2.64. The monoisotopic (exact) mass is 379 g/mol. The molecule has 0 saturated carbocycles. The summed E-state index contributed by atoms with van der Waals surface area (Å²) in [4.78, 5) is 13.9. The van der Waals surface area contributed by atoms with Crippen molar-refractivity contribution < 1.29 is 19.2 Å². The van der Waals surface area contributed by atoms with Crippen LogP contribution >= 0.6 is 0 Å². The van der Waals surface area contributed by atoms with Crippen molar-refractivity contribution in [1.82, 2.24) is 0 Å². The lowest BCUT2D eigenvalue weighted by Crippen LogP contribution is -3.12. The molecule has 0 aliphatic rings. The fourth-order valence-corrected chi connectivity index (χ4v) is 3.26. The zero-order valence-electron chi connectivity index (χ0n) is 16.8. The Bertz CT molecular complexity index is 966. The van der Waals surface area contributed by atoms with Crippen LogP contribution in [-0.4, -0.2) is 33.2 Å². The minimum absolute atomic E-state index is 0.00525. The molecule has 0 aromatic heterocycles. The first-order chi connectivity index (χ1) is 13.5. The van der Waals surface area contributed by atoms with E-state index >= 15 is 0 Å². The number of nitrogens with one attached hydrogen (secondary N) is 2. The predicted octanol–water partition coefficient (Wildman–Crippen LogP) is 2.90. The maximum absolute atomic E-state index is 12.8. The molecule has 2 N–H and O–H groups in total. The Kier molecular flexibility index (Phi) is 6.16. The molecule has 0 spiro atoms. The van der Waals surface area contributed by atoms with Crippen LogP contribution in [0.5, 0.6) is 11.5 Å². The zero-order valence-corrected chi connectivity index (χ0v) is 16.8. The van der Waals surface area contributed by atoms with Gasteiger partial charge in [0.05, 0.1) is 21.3 Å². The SMILES string of the molecule is COc1ccc(C[NH+](C)[C@@H](C)C(=O)Nc2cccc3ccccc23)cc1OC. The highest BCUT2D eigenvalue weighted by atomic mass is 16.5. The lowest BCUT2D eigenvalue weighted by Gasteiger charge is -2.22. The fraction of sp³-hybridized carbons (Fsp3) is 0.261. The maximum atomic E-state index is 12.8. The number of likely N-dealkylation sites (N-methyl/N-ethyl adjacent to an activating group) is 1. The highest BCUT2D eigenvalue weighted by molar-refractivity contribution is 6.03. The summed E-state index contributed by atoms with van der Waals surface area (Å²) in [5.74, 6) is 1.39. The quantitative estimate of drug-likeness (QED) is 0.664. The smallest absolute Gasteiger partial charge is 0.282 e. The summed E-state index contributed by atoms with van der Waals surface area (Å²) in [5.41, 5.74) is 1.92. The molecule has 0 bridgehead atoms. The lowest BCUT2D eigenvalue weighted by atomic mass is 10.1. The third-order valence-corrected chi connectivity index (χ3v) is 5.11. The maximum Gasteiger partial charge on any atom is 0.282 e. The van der Waals surface area contributed by atoms with Crippen molar-refractivity contribution in [2.45, 2.75) is 19.5 Å². The van der Waals surface area contributed by atoms with Crippen molar-refractivity contribution in [3.8, 4) is 11.5 Å². The number of anilines is 1. The predicted molar refractivity (Wildman–Crippen MR) is 112 cm³/mol. The summed E-state index contributed by atoms with van der Waals surface area (Å²) in [6, 6.07) is 19.6. The second kappa shape index (κ2) is 8.76. The number of ether oxygens (including phenoxy) is 2. The van der Waals surface area contributed by atoms with Gasteiger partial charge in [-0.2, -0.15) is 0 Å². The first-order valence-electron chi connectivity index (χ1n) is 9.35. The fourth-order valence-electron chi connectivity index (χ4n) is 3.26. The van der Waals surface area contributed by atoms with E-state index in [1.54, 1.807) is 14.2 Å². The van der Waals surface area contributed by atoms with Gasteiger partial charge in [-0.15, -0.1) is 0 Å². The van der Waals surface area contributed by atoms with Gasteiger partial charge in [0, 0.05) is 16.6 Å². The van der Waals surface area contributed by atoms with Crippen molar-refractivity contribution in [3.63, 3.8) is 0 Å². The van der Waals surface area contributed by atoms with Crippen LogP contribution < -0.4 is 19.7 Å². The van der Waals surface area contributed by atoms with Crippen molar-refractivity contribution >= 4 is 22.4 Å². The number of quaternary nitrogens is 1. The molecule has 3 aromatic rings. The summed E-state index contributed by atoms with van der Waals surface area (Å²) in [6.07, 6.45) is 0. The molecular formula is C23H27N2O3+. The largest absolute Gasteiger partial charge is 0.493 e. The molecule has 0 radical (unpaired) electrons. The van der Waals surface area contributed by atoms with Gasteiger partial charge in [0.1, 0.15) is 6.54 Å². The van der Waals surface area contributed by atoms with Crippen LogP contribution in [0.4, 0.5) is 5.69 Å². The molecule has 0 heterocycles. The number of benzene rings is 3. The number of methoxy groups -OCH3 is 2. The zero-order chi connectivity index (χ0) is 20.1. The van der Waals surface area contributed by atoms with Gasteiger partial charge < -0.3 is 19.7 Å². The van der Waals surface area contributed by atoms with Crippen LogP contribution in [0, 0.1) is 0 Å². The molecule has 5 heteroatoms. The van der Waals surface area contributed by atoms with Gasteiger partial charge in [-0.05, 0) is 36.6 Å². The van der Waals surface area contributed by atoms with E-state index in [1.165, 1.54) is 0 Å². The van der Waals surface area contributed by atoms with Crippen LogP contribution in [0.2, 0.25) is 0 Å². The minimum atomic E-state index is -0.216. The van der Waals surface area contributed by atoms with Gasteiger partial charge in [-0.25, -0.2) is 0 Å². The van der Waals surface area contributed by atoms with E-state index in [4.69, 9.17) is 9.47 Å². The number of amides is 1. The first-order valence-corrected chi connectivity index (χ1v) is 9.35. The molecule has 0 aliphatic heterocycles. The molecular weight excluding hydrogens is 352 g/mol. The number of hydrogen-bond acceptors (Lipinski definition) is 3. The highest BCUT2D eigenvalue weighted by Crippen LogP contribution is 2.27. The standard InChI is InChI=1S/C23H26N2O3/c1-16(25(2)15-17-12-13-21(27-3)22(14-17)28-4)23(26)24-20-11-7-9-18-8-5-6-10-19(18)20/h5-14,16H,15H2,1-4H3,(H,24,26)/p+1/t16-/m0/s1. The van der Waals surface area contributed by atoms with E-state index in [9.17, 15) is 4.79 Å². The highest BCUT2D eigenvalue weighted by Gasteiger charge is 2.23. The topological polar surface area (TPSA) is 52.0 Å². The van der Waals surface area contributed by atoms with Gasteiger partial charge in [0.15, 0.2) is 17.5 Å². The molecule has 0 fully saturated rings. The molecule has 3 rings (SSSR count). The van der Waals surface area contributed by atoms with E-state index in [2.05, 4.69) is 5.32 Å². The first kappa shape index (κ1) is 19.7. The van der Waals surface area contributed by atoms with Gasteiger partial charge in [-0.3, -0.25) is 4.79 Å². The average Bonchev–Trinajstić information content (AvgIpc) is 2.73. The van der Waals surface area contributed by atoms with E-state index in [0.717, 1.165) is 26.9 Å². The summed E-state index contributed by atoms with van der Waals surface area (Å²) >= 11 is 0. The van der Waals surface area contributed by atoms with E-state index in [-0.39, 0.29) is 11.9 Å². The van der Waals surface area contributed by atoms with E-state index in [0.29, 0.717) is 18.0 Å². The summed E-state index contributed by atoms with van der Waals surface area (Å²) < 4.78 is 10.7. The van der Waals surface area contributed by atoms with E-state index in [1.807, 2.05) is 74.6 Å². The Balaban J connectivity index is 1.70. The molecule has 146 valence electrons. The van der Waals surface area contributed by atoms with Gasteiger partial charge >= 0.3 is 0 Å². The molecule has 28 heavy (non-hydrogen) atoms. The van der Waals surface area contributed by atoms with Crippen LogP contribution in [-0.2, 0) is 11.3 Å². The second-order valence-corrected chi connectivity index (χ2v) is 6.95. The Morgan fingerprint density at radius 2 is 1.71 bits per heavy atom. The molecule has 0 saturated heterocycles. The van der Waals surface area contributed by atoms with Crippen molar-refractivity contribution in [3.05, 3.63) is 66.2 Å². The Labute approximate surface area is 165 Å². The molecule has 1 unspecified atom stereocenters. The molecule has 1 amide bonds. The Hall–Kier alpha value is -3.05.